The van der Waals surface area contributed by atoms with Crippen LogP contribution in [0.3, 0.4) is 0 Å². The summed E-state index contributed by atoms with van der Waals surface area (Å²) in [5.41, 5.74) is 4.57. The van der Waals surface area contributed by atoms with Crippen LogP contribution in [0.5, 0.6) is 0 Å². The first-order valence-electron chi connectivity index (χ1n) is 15.4. The number of carboxylic acids is 1. The molecule has 0 N–H and O–H groups in total. The maximum atomic E-state index is 8.89. The van der Waals surface area contributed by atoms with E-state index in [1.54, 1.807) is 0 Å². The third-order valence-electron chi connectivity index (χ3n) is 10.1. The molecule has 2 aromatic carbocycles. The van der Waals surface area contributed by atoms with E-state index in [-0.39, 0.29) is 92.1 Å². The van der Waals surface area contributed by atoms with Crippen molar-refractivity contribution in [3.63, 3.8) is 0 Å². The van der Waals surface area contributed by atoms with Crippen molar-refractivity contribution < 1.29 is 89.2 Å². The molecular formula is C33H48B3KO8. The van der Waals surface area contributed by atoms with Gasteiger partial charge >= 0.3 is 72.5 Å². The van der Waals surface area contributed by atoms with Gasteiger partial charge in [0.25, 0.3) is 0 Å². The zero-order valence-corrected chi connectivity index (χ0v) is 32.9. The second-order valence-corrected chi connectivity index (χ2v) is 15.1. The van der Waals surface area contributed by atoms with Crippen molar-refractivity contribution in [2.75, 3.05) is 0 Å². The van der Waals surface area contributed by atoms with Crippen LogP contribution < -0.4 is 62.0 Å². The number of aliphatic carboxylic acids is 1. The van der Waals surface area contributed by atoms with E-state index in [1.807, 2.05) is 55.4 Å². The summed E-state index contributed by atoms with van der Waals surface area (Å²) in [6, 6.07) is 15.2. The van der Waals surface area contributed by atoms with Gasteiger partial charge in [0.05, 0.1) is 33.6 Å². The number of hydrogen-bond acceptors (Lipinski definition) is 8. The summed E-state index contributed by atoms with van der Waals surface area (Å²) < 4.78 is 36.2. The first kappa shape index (κ1) is 38.9. The largest absolute Gasteiger partial charge is 1.00 e. The molecule has 2 aromatic rings. The van der Waals surface area contributed by atoms with Crippen LogP contribution in [0.15, 0.2) is 42.5 Å². The molecule has 4 aliphatic rings. The Balaban J connectivity index is 0.000000219. The summed E-state index contributed by atoms with van der Waals surface area (Å²) in [6.45, 7) is 25.6. The monoisotopic (exact) mass is 644 g/mol. The second kappa shape index (κ2) is 13.4. The van der Waals surface area contributed by atoms with Gasteiger partial charge in [0.15, 0.2) is 0 Å². The predicted octanol–water partition coefficient (Wildman–Crippen LogP) is 1.57. The molecule has 12 heteroatoms. The average Bonchev–Trinajstić information content (AvgIpc) is 3.49. The molecule has 3 saturated heterocycles. The topological polar surface area (TPSA) is 95.5 Å². The standard InChI is InChI=1S/C19H21BO2.C12H24B2O4.C2H4O2.K/c1-18(2)19(3,4)22-20(21-18)15-9-10-17-14(12-15)11-13-7-5-6-8-16(13)17;1-9(2)10(3,4)16-13(15-9)14-17-11(5,6)12(7,8)18-14;1-2(3)4;/h5-10,12H,11H2,1-4H3;1-8H3;1H3,(H,3,4);/q;;;+1/p-1. The molecule has 45 heavy (non-hydrogen) atoms. The molecule has 0 saturated carbocycles. The van der Waals surface area contributed by atoms with Crippen LogP contribution in [0.25, 0.3) is 11.1 Å². The molecule has 0 aromatic heterocycles. The van der Waals surface area contributed by atoms with Gasteiger partial charge in [-0.25, -0.2) is 0 Å². The van der Waals surface area contributed by atoms with E-state index >= 15 is 0 Å². The van der Waals surface area contributed by atoms with Crippen molar-refractivity contribution in [2.24, 2.45) is 0 Å². The Morgan fingerprint density at radius 2 is 0.956 bits per heavy atom. The Kier molecular flexibility index (Phi) is 11.6. The van der Waals surface area contributed by atoms with Crippen LogP contribution in [0.1, 0.15) is 101 Å². The summed E-state index contributed by atoms with van der Waals surface area (Å²) in [7, 11) is -1.23. The first-order chi connectivity index (χ1) is 20.0. The van der Waals surface area contributed by atoms with Gasteiger partial charge in [0, 0.05) is 5.97 Å². The molecule has 0 unspecified atom stereocenters. The number of carbonyl (C=O) groups is 1. The van der Waals surface area contributed by atoms with E-state index in [9.17, 15) is 0 Å². The van der Waals surface area contributed by atoms with Crippen LogP contribution >= 0.6 is 0 Å². The fraction of sp³-hybridized carbons (Fsp3) is 0.606. The molecule has 0 spiro atoms. The SMILES string of the molecule is CC(=O)[O-].CC1(C)OB(B2OC(C)(C)C(C)(C)O2)OC1(C)C.CC1(C)OB(c2ccc3c(c2)Cc2ccccc2-3)OC1(C)C.[K+]. The molecule has 8 nitrogen and oxygen atoms in total. The number of fused-ring (bicyclic) bond motifs is 3. The molecule has 0 bridgehead atoms. The van der Waals surface area contributed by atoms with Crippen molar-refractivity contribution in [1.29, 1.82) is 0 Å². The van der Waals surface area contributed by atoms with Gasteiger partial charge in [-0.15, -0.1) is 0 Å². The van der Waals surface area contributed by atoms with E-state index in [0.29, 0.717) is 0 Å². The van der Waals surface area contributed by atoms with Crippen molar-refractivity contribution in [3.05, 3.63) is 53.6 Å². The average molecular weight is 644 g/mol. The molecule has 3 fully saturated rings. The van der Waals surface area contributed by atoms with Gasteiger partial charge in [-0.3, -0.25) is 0 Å². The van der Waals surface area contributed by atoms with Crippen LogP contribution in [0, 0.1) is 0 Å². The van der Waals surface area contributed by atoms with E-state index in [4.69, 9.17) is 37.8 Å². The summed E-state index contributed by atoms with van der Waals surface area (Å²) in [4.78, 5) is 8.89. The maximum absolute atomic E-state index is 8.89. The predicted molar refractivity (Wildman–Crippen MR) is 173 cm³/mol. The van der Waals surface area contributed by atoms with Gasteiger partial charge < -0.3 is 37.8 Å². The Morgan fingerprint density at radius 1 is 0.600 bits per heavy atom. The molecule has 238 valence electrons. The molecule has 1 aliphatic carbocycles. The van der Waals surface area contributed by atoms with Crippen LogP contribution in [0.2, 0.25) is 0 Å². The fourth-order valence-electron chi connectivity index (χ4n) is 5.29. The third-order valence-corrected chi connectivity index (χ3v) is 10.1. The number of hydrogen-bond donors (Lipinski definition) is 0. The minimum atomic E-state index is -1.08. The summed E-state index contributed by atoms with van der Waals surface area (Å²) >= 11 is 0. The van der Waals surface area contributed by atoms with Crippen LogP contribution in [0.4, 0.5) is 0 Å². The zero-order valence-electron chi connectivity index (χ0n) is 29.7. The van der Waals surface area contributed by atoms with E-state index in [0.717, 1.165) is 18.8 Å². The quantitative estimate of drug-likeness (QED) is 0.389. The van der Waals surface area contributed by atoms with Gasteiger partial charge in [0.2, 0.25) is 0 Å². The zero-order chi connectivity index (χ0) is 33.1. The van der Waals surface area contributed by atoms with Crippen LogP contribution in [-0.4, -0.2) is 60.7 Å². The van der Waals surface area contributed by atoms with Crippen molar-refractivity contribution in [3.8, 4) is 11.1 Å². The number of carboxylic acid groups (broad SMARTS) is 1. The van der Waals surface area contributed by atoms with Crippen LogP contribution in [-0.2, 0) is 39.1 Å². The summed E-state index contributed by atoms with van der Waals surface area (Å²) in [6.07, 6.45) is 0.999. The summed E-state index contributed by atoms with van der Waals surface area (Å²) in [5.74, 6) is -1.08. The van der Waals surface area contributed by atoms with Crippen molar-refractivity contribution in [2.45, 2.75) is 130 Å². The number of benzene rings is 2. The Morgan fingerprint density at radius 3 is 1.38 bits per heavy atom. The molecule has 0 radical (unpaired) electrons. The summed E-state index contributed by atoms with van der Waals surface area (Å²) in [5, 5.41) is 8.89. The van der Waals surface area contributed by atoms with Gasteiger partial charge in [-0.05, 0) is 124 Å². The Hall–Kier alpha value is -0.499. The van der Waals surface area contributed by atoms with Gasteiger partial charge in [0.1, 0.15) is 0 Å². The molecular weight excluding hydrogens is 596 g/mol. The molecule has 6 rings (SSSR count). The third kappa shape index (κ3) is 8.05. The molecule has 0 amide bonds. The maximum Gasteiger partial charge on any atom is 1.00 e. The minimum absolute atomic E-state index is 0. The number of rotatable bonds is 2. The fourth-order valence-corrected chi connectivity index (χ4v) is 5.29. The Bertz CT molecular complexity index is 1310. The van der Waals surface area contributed by atoms with Gasteiger partial charge in [-0.2, -0.15) is 0 Å². The van der Waals surface area contributed by atoms with E-state index in [1.165, 1.54) is 22.3 Å². The number of carbonyl (C=O) groups excluding carboxylic acids is 1. The smallest absolute Gasteiger partial charge is 0.550 e. The second-order valence-electron chi connectivity index (χ2n) is 15.1. The normalized spacial score (nSPS) is 23.5. The first-order valence-corrected chi connectivity index (χ1v) is 15.4. The molecule has 3 heterocycles. The van der Waals surface area contributed by atoms with Crippen molar-refractivity contribution in [1.82, 2.24) is 0 Å². The molecule has 3 aliphatic heterocycles. The minimum Gasteiger partial charge on any atom is -0.550 e. The van der Waals surface area contributed by atoms with E-state index in [2.05, 4.69) is 70.2 Å². The Labute approximate surface area is 313 Å². The van der Waals surface area contributed by atoms with Crippen molar-refractivity contribution >= 4 is 32.6 Å². The molecule has 0 atom stereocenters. The van der Waals surface area contributed by atoms with Gasteiger partial charge in [-0.1, -0.05) is 42.5 Å². The van der Waals surface area contributed by atoms with E-state index < -0.39 is 20.0 Å².